The van der Waals surface area contributed by atoms with Crippen molar-refractivity contribution in [3.05, 3.63) is 59.9 Å². The Balaban J connectivity index is 2.36. The largest absolute Gasteiger partial charge is 0.464 e. The Kier molecular flexibility index (Phi) is 3.28. The molecule has 3 aromatic rings. The fraction of sp³-hybridized carbons (Fsp3) is 0.0588. The minimum Gasteiger partial charge on any atom is -0.464 e. The van der Waals surface area contributed by atoms with Crippen LogP contribution in [-0.4, -0.2) is 17.6 Å². The highest BCUT2D eigenvalue weighted by Gasteiger charge is 2.22. The lowest BCUT2D eigenvalue weighted by molar-refractivity contribution is 0.0593. The van der Waals surface area contributed by atoms with E-state index < -0.39 is 5.97 Å². The predicted octanol–water partition coefficient (Wildman–Crippen LogP) is 2.87. The van der Waals surface area contributed by atoms with Crippen LogP contribution in [0.25, 0.3) is 16.5 Å². The van der Waals surface area contributed by atoms with Crippen molar-refractivity contribution in [1.82, 2.24) is 4.57 Å². The number of carbonyl (C=O) groups excluding carboxylic acids is 1. The highest BCUT2D eigenvalue weighted by Crippen LogP contribution is 2.29. The van der Waals surface area contributed by atoms with E-state index >= 15 is 0 Å². The van der Waals surface area contributed by atoms with E-state index in [0.29, 0.717) is 0 Å². The number of methoxy groups -OCH3 is 1. The number of esters is 1. The third kappa shape index (κ3) is 1.98. The molecule has 0 bridgehead atoms. The van der Waals surface area contributed by atoms with E-state index in [2.05, 4.69) is 0 Å². The summed E-state index contributed by atoms with van der Waals surface area (Å²) in [5.74, 6) is -0.577. The molecule has 0 saturated heterocycles. The Hall–Kier alpha value is -3.26. The molecule has 2 aromatic carbocycles. The number of nitrogen functional groups attached to an aromatic ring is 1. The first kappa shape index (κ1) is 13.7. The van der Waals surface area contributed by atoms with E-state index in [1.165, 1.54) is 7.11 Å². The number of hydrogen-bond donors (Lipinski definition) is 1. The number of ether oxygens (including phenoxy) is 1. The zero-order chi connectivity index (χ0) is 15.7. The molecule has 0 unspecified atom stereocenters. The van der Waals surface area contributed by atoms with Crippen LogP contribution in [0.3, 0.4) is 0 Å². The zero-order valence-electron chi connectivity index (χ0n) is 11.9. The van der Waals surface area contributed by atoms with Gasteiger partial charge in [0.1, 0.15) is 6.07 Å². The number of nitrogens with two attached hydrogens (primary N) is 1. The zero-order valence-corrected chi connectivity index (χ0v) is 11.9. The van der Waals surface area contributed by atoms with Crippen LogP contribution in [0.1, 0.15) is 16.1 Å². The quantitative estimate of drug-likeness (QED) is 0.736. The molecule has 108 valence electrons. The predicted molar refractivity (Wildman–Crippen MR) is 83.7 cm³/mol. The van der Waals surface area contributed by atoms with E-state index in [-0.39, 0.29) is 16.9 Å². The maximum Gasteiger partial charge on any atom is 0.357 e. The number of nitrogens with zero attached hydrogens (tertiary/aromatic N) is 2. The van der Waals surface area contributed by atoms with Gasteiger partial charge >= 0.3 is 5.97 Å². The Morgan fingerprint density at radius 1 is 1.23 bits per heavy atom. The SMILES string of the molecule is COC(=O)c1c(N)c(C#N)cn1-c1cccc2ccccc12. The van der Waals surface area contributed by atoms with Crippen LogP contribution >= 0.6 is 0 Å². The summed E-state index contributed by atoms with van der Waals surface area (Å²) in [5.41, 5.74) is 7.23. The normalized spacial score (nSPS) is 10.4. The molecule has 0 aliphatic carbocycles. The third-order valence-electron chi connectivity index (χ3n) is 3.57. The molecule has 0 saturated carbocycles. The molecule has 0 aliphatic heterocycles. The number of rotatable bonds is 2. The molecule has 0 aliphatic rings. The summed E-state index contributed by atoms with van der Waals surface area (Å²) >= 11 is 0. The van der Waals surface area contributed by atoms with Gasteiger partial charge in [-0.1, -0.05) is 36.4 Å². The minimum atomic E-state index is -0.577. The molecule has 3 rings (SSSR count). The first-order valence-electron chi connectivity index (χ1n) is 6.64. The van der Waals surface area contributed by atoms with E-state index in [4.69, 9.17) is 10.5 Å². The fourth-order valence-electron chi connectivity index (χ4n) is 2.52. The van der Waals surface area contributed by atoms with Crippen LogP contribution < -0.4 is 5.73 Å². The Morgan fingerprint density at radius 2 is 1.95 bits per heavy atom. The van der Waals surface area contributed by atoms with Crippen molar-refractivity contribution in [1.29, 1.82) is 5.26 Å². The smallest absolute Gasteiger partial charge is 0.357 e. The maximum atomic E-state index is 12.1. The molecule has 0 radical (unpaired) electrons. The topological polar surface area (TPSA) is 81.0 Å². The van der Waals surface area contributed by atoms with Crippen molar-refractivity contribution in [3.63, 3.8) is 0 Å². The third-order valence-corrected chi connectivity index (χ3v) is 3.57. The highest BCUT2D eigenvalue weighted by molar-refractivity contribution is 5.98. The number of hydrogen-bond acceptors (Lipinski definition) is 4. The van der Waals surface area contributed by atoms with Gasteiger partial charge < -0.3 is 15.0 Å². The van der Waals surface area contributed by atoms with Crippen molar-refractivity contribution in [2.24, 2.45) is 0 Å². The number of anilines is 1. The van der Waals surface area contributed by atoms with Gasteiger partial charge in [-0.3, -0.25) is 0 Å². The minimum absolute atomic E-state index is 0.127. The molecule has 5 nitrogen and oxygen atoms in total. The van der Waals surface area contributed by atoms with E-state index in [1.54, 1.807) is 10.8 Å². The average Bonchev–Trinajstić information content (AvgIpc) is 2.90. The van der Waals surface area contributed by atoms with Gasteiger partial charge in [0.15, 0.2) is 5.69 Å². The molecular formula is C17H13N3O2. The number of fused-ring (bicyclic) bond motifs is 1. The van der Waals surface area contributed by atoms with E-state index in [1.807, 2.05) is 48.5 Å². The second kappa shape index (κ2) is 5.26. The lowest BCUT2D eigenvalue weighted by Gasteiger charge is -2.11. The Bertz CT molecular complexity index is 914. The van der Waals surface area contributed by atoms with E-state index in [0.717, 1.165) is 16.5 Å². The molecule has 0 atom stereocenters. The summed E-state index contributed by atoms with van der Waals surface area (Å²) in [4.78, 5) is 12.1. The Morgan fingerprint density at radius 3 is 2.68 bits per heavy atom. The number of benzene rings is 2. The van der Waals surface area contributed by atoms with Crippen LogP contribution in [0.4, 0.5) is 5.69 Å². The summed E-state index contributed by atoms with van der Waals surface area (Å²) in [6.07, 6.45) is 1.56. The first-order chi connectivity index (χ1) is 10.7. The molecule has 0 spiro atoms. The van der Waals surface area contributed by atoms with Crippen LogP contribution in [0.15, 0.2) is 48.7 Å². The van der Waals surface area contributed by atoms with Gasteiger partial charge in [0.2, 0.25) is 0 Å². The number of carbonyl (C=O) groups is 1. The molecule has 5 heteroatoms. The monoisotopic (exact) mass is 291 g/mol. The summed E-state index contributed by atoms with van der Waals surface area (Å²) < 4.78 is 6.41. The lowest BCUT2D eigenvalue weighted by Crippen LogP contribution is -2.11. The van der Waals surface area contributed by atoms with Crippen LogP contribution in [0, 0.1) is 11.3 Å². The fourth-order valence-corrected chi connectivity index (χ4v) is 2.52. The summed E-state index contributed by atoms with van der Waals surface area (Å²) in [6.45, 7) is 0. The Labute approximate surface area is 127 Å². The van der Waals surface area contributed by atoms with Gasteiger partial charge in [0.05, 0.1) is 24.0 Å². The van der Waals surface area contributed by atoms with Crippen molar-refractivity contribution in [2.45, 2.75) is 0 Å². The van der Waals surface area contributed by atoms with Crippen LogP contribution in [-0.2, 0) is 4.74 Å². The van der Waals surface area contributed by atoms with Crippen molar-refractivity contribution >= 4 is 22.4 Å². The van der Waals surface area contributed by atoms with Crippen molar-refractivity contribution in [2.75, 3.05) is 12.8 Å². The molecule has 0 amide bonds. The molecular weight excluding hydrogens is 278 g/mol. The molecule has 2 N–H and O–H groups in total. The summed E-state index contributed by atoms with van der Waals surface area (Å²) in [5, 5.41) is 11.2. The summed E-state index contributed by atoms with van der Waals surface area (Å²) in [7, 11) is 1.29. The molecule has 1 heterocycles. The van der Waals surface area contributed by atoms with Gasteiger partial charge in [-0.05, 0) is 11.5 Å². The number of nitriles is 1. The molecule has 0 fully saturated rings. The highest BCUT2D eigenvalue weighted by atomic mass is 16.5. The lowest BCUT2D eigenvalue weighted by atomic mass is 10.1. The first-order valence-corrected chi connectivity index (χ1v) is 6.64. The van der Waals surface area contributed by atoms with Gasteiger partial charge in [0.25, 0.3) is 0 Å². The van der Waals surface area contributed by atoms with Crippen molar-refractivity contribution in [3.8, 4) is 11.8 Å². The van der Waals surface area contributed by atoms with Crippen molar-refractivity contribution < 1.29 is 9.53 Å². The van der Waals surface area contributed by atoms with E-state index in [9.17, 15) is 10.1 Å². The van der Waals surface area contributed by atoms with Gasteiger partial charge in [-0.25, -0.2) is 4.79 Å². The van der Waals surface area contributed by atoms with Gasteiger partial charge in [0, 0.05) is 11.6 Å². The summed E-state index contributed by atoms with van der Waals surface area (Å²) in [6, 6.07) is 15.5. The molecule has 22 heavy (non-hydrogen) atoms. The van der Waals surface area contributed by atoms with Gasteiger partial charge in [-0.2, -0.15) is 5.26 Å². The van der Waals surface area contributed by atoms with Gasteiger partial charge in [-0.15, -0.1) is 0 Å². The molecule has 1 aromatic heterocycles. The van der Waals surface area contributed by atoms with Crippen LogP contribution in [0.5, 0.6) is 0 Å². The standard InChI is InChI=1S/C17H13N3O2/c1-22-17(21)16-15(19)12(9-18)10-20(16)14-8-4-6-11-5-2-3-7-13(11)14/h2-8,10H,19H2,1H3. The maximum absolute atomic E-state index is 12.1. The second-order valence-electron chi connectivity index (χ2n) is 4.78. The average molecular weight is 291 g/mol. The van der Waals surface area contributed by atoms with Crippen LogP contribution in [0.2, 0.25) is 0 Å². The number of aromatic nitrogens is 1. The second-order valence-corrected chi connectivity index (χ2v) is 4.78.